The molecule has 0 bridgehead atoms. The molecule has 0 spiro atoms. The molecule has 0 aliphatic rings. The fourth-order valence-corrected chi connectivity index (χ4v) is 1.22. The summed E-state index contributed by atoms with van der Waals surface area (Å²) in [5.41, 5.74) is 0. The first-order chi connectivity index (χ1) is 7.61. The SMILES string of the molecule is [C-]#[N+]C(CNCC)C(=O)OCCCC(C)C. The maximum absolute atomic E-state index is 11.4. The Labute approximate surface area is 98.2 Å². The number of rotatable bonds is 8. The van der Waals surface area contributed by atoms with E-state index >= 15 is 0 Å². The van der Waals surface area contributed by atoms with Gasteiger partial charge in [0.15, 0.2) is 0 Å². The van der Waals surface area contributed by atoms with Crippen molar-refractivity contribution in [2.45, 2.75) is 39.7 Å². The summed E-state index contributed by atoms with van der Waals surface area (Å²) < 4.78 is 5.05. The minimum Gasteiger partial charge on any atom is -0.460 e. The minimum atomic E-state index is -0.695. The first-order valence-electron chi connectivity index (χ1n) is 5.85. The summed E-state index contributed by atoms with van der Waals surface area (Å²) in [6.45, 7) is 14.7. The topological polar surface area (TPSA) is 42.7 Å². The molecule has 1 unspecified atom stereocenters. The van der Waals surface area contributed by atoms with E-state index in [0.29, 0.717) is 19.1 Å². The van der Waals surface area contributed by atoms with E-state index in [0.717, 1.165) is 19.4 Å². The highest BCUT2D eigenvalue weighted by Gasteiger charge is 2.24. The summed E-state index contributed by atoms with van der Waals surface area (Å²) in [6.07, 6.45) is 1.92. The first-order valence-corrected chi connectivity index (χ1v) is 5.85. The van der Waals surface area contributed by atoms with Gasteiger partial charge in [-0.2, -0.15) is 0 Å². The van der Waals surface area contributed by atoms with Gasteiger partial charge in [0.2, 0.25) is 0 Å². The molecule has 1 N–H and O–H groups in total. The van der Waals surface area contributed by atoms with Crippen LogP contribution in [0.25, 0.3) is 4.85 Å². The predicted molar refractivity (Wildman–Crippen MR) is 64.0 cm³/mol. The van der Waals surface area contributed by atoms with E-state index in [-0.39, 0.29) is 0 Å². The Morgan fingerprint density at radius 2 is 2.19 bits per heavy atom. The Balaban J connectivity index is 3.72. The van der Waals surface area contributed by atoms with Crippen molar-refractivity contribution in [3.8, 4) is 0 Å². The van der Waals surface area contributed by atoms with Crippen molar-refractivity contribution in [2.75, 3.05) is 19.7 Å². The summed E-state index contributed by atoms with van der Waals surface area (Å²) in [7, 11) is 0. The molecule has 0 aromatic carbocycles. The predicted octanol–water partition coefficient (Wildman–Crippen LogP) is 1.86. The molecule has 4 nitrogen and oxygen atoms in total. The summed E-state index contributed by atoms with van der Waals surface area (Å²) >= 11 is 0. The van der Waals surface area contributed by atoms with Crippen LogP contribution in [0.5, 0.6) is 0 Å². The van der Waals surface area contributed by atoms with E-state index in [1.165, 1.54) is 0 Å². The zero-order valence-electron chi connectivity index (χ0n) is 10.5. The molecule has 0 aromatic heterocycles. The molecular formula is C12H22N2O2. The van der Waals surface area contributed by atoms with Gasteiger partial charge in [-0.1, -0.05) is 20.8 Å². The summed E-state index contributed by atoms with van der Waals surface area (Å²) in [5, 5.41) is 2.97. The van der Waals surface area contributed by atoms with Crippen LogP contribution in [0.2, 0.25) is 0 Å². The Kier molecular flexibility index (Phi) is 8.55. The van der Waals surface area contributed by atoms with Crippen molar-refractivity contribution in [3.05, 3.63) is 11.4 Å². The molecule has 1 atom stereocenters. The lowest BCUT2D eigenvalue weighted by Crippen LogP contribution is -2.32. The number of nitrogens with one attached hydrogen (secondary N) is 1. The third-order valence-corrected chi connectivity index (χ3v) is 2.19. The number of nitrogens with zero attached hydrogens (tertiary/aromatic N) is 1. The van der Waals surface area contributed by atoms with Gasteiger partial charge in [-0.25, -0.2) is 11.4 Å². The van der Waals surface area contributed by atoms with Crippen molar-refractivity contribution in [1.82, 2.24) is 5.32 Å². The van der Waals surface area contributed by atoms with Gasteiger partial charge >= 0.3 is 12.0 Å². The van der Waals surface area contributed by atoms with Gasteiger partial charge in [0.25, 0.3) is 0 Å². The average molecular weight is 226 g/mol. The van der Waals surface area contributed by atoms with Gasteiger partial charge in [-0.05, 0) is 25.3 Å². The Morgan fingerprint density at radius 3 is 2.69 bits per heavy atom. The molecule has 92 valence electrons. The third-order valence-electron chi connectivity index (χ3n) is 2.19. The van der Waals surface area contributed by atoms with Gasteiger partial charge in [-0.15, -0.1) is 0 Å². The van der Waals surface area contributed by atoms with Crippen LogP contribution in [-0.2, 0) is 9.53 Å². The van der Waals surface area contributed by atoms with E-state index in [4.69, 9.17) is 11.3 Å². The van der Waals surface area contributed by atoms with Crippen molar-refractivity contribution in [3.63, 3.8) is 0 Å². The van der Waals surface area contributed by atoms with Crippen LogP contribution in [0.4, 0.5) is 0 Å². The molecule has 4 heteroatoms. The fraction of sp³-hybridized carbons (Fsp3) is 0.833. The molecule has 0 aliphatic carbocycles. The summed E-state index contributed by atoms with van der Waals surface area (Å²) in [5.74, 6) is 0.219. The largest absolute Gasteiger partial charge is 0.460 e. The number of likely N-dealkylation sites (N-methyl/N-ethyl adjacent to an activating group) is 1. The highest BCUT2D eigenvalue weighted by atomic mass is 16.5. The van der Waals surface area contributed by atoms with Crippen LogP contribution in [-0.4, -0.2) is 31.7 Å². The number of hydrogen-bond acceptors (Lipinski definition) is 3. The van der Waals surface area contributed by atoms with Crippen LogP contribution in [0, 0.1) is 12.5 Å². The van der Waals surface area contributed by atoms with E-state index in [1.807, 2.05) is 6.92 Å². The highest BCUT2D eigenvalue weighted by molar-refractivity contribution is 5.77. The minimum absolute atomic E-state index is 0.378. The second kappa shape index (κ2) is 9.17. The number of hydrogen-bond donors (Lipinski definition) is 1. The van der Waals surface area contributed by atoms with E-state index < -0.39 is 12.0 Å². The maximum Gasteiger partial charge on any atom is 0.391 e. The van der Waals surface area contributed by atoms with Crippen molar-refractivity contribution in [2.24, 2.45) is 5.92 Å². The van der Waals surface area contributed by atoms with Crippen LogP contribution in [0.3, 0.4) is 0 Å². The Hall–Kier alpha value is -1.08. The van der Waals surface area contributed by atoms with Crippen LogP contribution in [0.15, 0.2) is 0 Å². The van der Waals surface area contributed by atoms with E-state index in [1.54, 1.807) is 0 Å². The third kappa shape index (κ3) is 7.24. The lowest BCUT2D eigenvalue weighted by atomic mass is 10.1. The Bertz CT molecular complexity index is 234. The smallest absolute Gasteiger partial charge is 0.391 e. The number of carbonyl (C=O) groups is 1. The molecule has 0 saturated heterocycles. The molecule has 0 radical (unpaired) electrons. The first kappa shape index (κ1) is 14.9. The van der Waals surface area contributed by atoms with Gasteiger partial charge in [0.05, 0.1) is 13.2 Å². The average Bonchev–Trinajstić information content (AvgIpc) is 2.25. The van der Waals surface area contributed by atoms with Crippen molar-refractivity contribution < 1.29 is 9.53 Å². The Morgan fingerprint density at radius 1 is 1.50 bits per heavy atom. The molecule has 0 heterocycles. The van der Waals surface area contributed by atoms with E-state index in [9.17, 15) is 4.79 Å². The quantitative estimate of drug-likeness (QED) is 0.390. The fourth-order valence-electron chi connectivity index (χ4n) is 1.22. The zero-order valence-corrected chi connectivity index (χ0v) is 10.5. The summed E-state index contributed by atoms with van der Waals surface area (Å²) in [4.78, 5) is 14.7. The summed E-state index contributed by atoms with van der Waals surface area (Å²) in [6, 6.07) is -0.695. The molecule has 0 amide bonds. The normalized spacial score (nSPS) is 12.2. The second-order valence-electron chi connectivity index (χ2n) is 4.16. The lowest BCUT2D eigenvalue weighted by molar-refractivity contribution is -0.144. The molecule has 0 rings (SSSR count). The lowest BCUT2D eigenvalue weighted by Gasteiger charge is -2.08. The van der Waals surface area contributed by atoms with Gasteiger partial charge < -0.3 is 10.1 Å². The molecule has 16 heavy (non-hydrogen) atoms. The van der Waals surface area contributed by atoms with Gasteiger partial charge in [0.1, 0.15) is 0 Å². The van der Waals surface area contributed by atoms with Gasteiger partial charge in [0, 0.05) is 0 Å². The zero-order chi connectivity index (χ0) is 12.4. The molecule has 0 fully saturated rings. The monoisotopic (exact) mass is 226 g/mol. The second-order valence-corrected chi connectivity index (χ2v) is 4.16. The number of ether oxygens (including phenoxy) is 1. The van der Waals surface area contributed by atoms with Crippen LogP contribution < -0.4 is 5.32 Å². The molecule has 0 saturated carbocycles. The van der Waals surface area contributed by atoms with Crippen LogP contribution >= 0.6 is 0 Å². The maximum atomic E-state index is 11.4. The van der Waals surface area contributed by atoms with Crippen LogP contribution in [0.1, 0.15) is 33.6 Å². The highest BCUT2D eigenvalue weighted by Crippen LogP contribution is 2.04. The van der Waals surface area contributed by atoms with Crippen molar-refractivity contribution >= 4 is 5.97 Å². The molecule has 0 aromatic rings. The standard InChI is InChI=1S/C12H22N2O2/c1-5-14-9-11(13-4)12(15)16-8-6-7-10(2)3/h10-11,14H,5-9H2,1-3H3. The number of carbonyl (C=O) groups excluding carboxylic acids is 1. The molecule has 0 aliphatic heterocycles. The van der Waals surface area contributed by atoms with Crippen molar-refractivity contribution in [1.29, 1.82) is 0 Å². The van der Waals surface area contributed by atoms with E-state index in [2.05, 4.69) is 24.0 Å². The molecular weight excluding hydrogens is 204 g/mol. The van der Waals surface area contributed by atoms with Gasteiger partial charge in [-0.3, -0.25) is 4.85 Å². The number of esters is 1.